The van der Waals surface area contributed by atoms with E-state index >= 15 is 0 Å². The van der Waals surface area contributed by atoms with Gasteiger partial charge in [-0.1, -0.05) is 11.6 Å². The Morgan fingerprint density at radius 2 is 2.00 bits per heavy atom. The van der Waals surface area contributed by atoms with Gasteiger partial charge in [-0.3, -0.25) is 14.4 Å². The zero-order valence-electron chi connectivity index (χ0n) is 16.6. The molecule has 28 heavy (non-hydrogen) atoms. The highest BCUT2D eigenvalue weighted by Crippen LogP contribution is 2.24. The second-order valence-corrected chi connectivity index (χ2v) is 8.10. The number of carbonyl (C=O) groups is 3. The summed E-state index contributed by atoms with van der Waals surface area (Å²) in [6.45, 7) is 5.58. The van der Waals surface area contributed by atoms with Crippen molar-refractivity contribution in [2.75, 3.05) is 26.2 Å². The van der Waals surface area contributed by atoms with Gasteiger partial charge in [0.25, 0.3) is 5.91 Å². The maximum atomic E-state index is 12.3. The number of nitrogens with zero attached hydrogens (tertiary/aromatic N) is 3. The zero-order valence-corrected chi connectivity index (χ0v) is 16.6. The molecular weight excluding hydrogens is 364 g/mol. The van der Waals surface area contributed by atoms with Crippen molar-refractivity contribution in [1.29, 1.82) is 0 Å². The molecule has 0 spiro atoms. The Bertz CT molecular complexity index is 646. The molecule has 0 saturated carbocycles. The quantitative estimate of drug-likeness (QED) is 0.585. The first kappa shape index (κ1) is 20.6. The topological polar surface area (TPSA) is 112 Å². The van der Waals surface area contributed by atoms with Crippen molar-refractivity contribution < 1.29 is 24.3 Å². The monoisotopic (exact) mass is 394 g/mol. The van der Waals surface area contributed by atoms with Crippen molar-refractivity contribution in [3.63, 3.8) is 0 Å². The summed E-state index contributed by atoms with van der Waals surface area (Å²) in [6, 6.07) is -0.566. The largest absolute Gasteiger partial charge is 0.391 e. The van der Waals surface area contributed by atoms with Crippen molar-refractivity contribution in [2.24, 2.45) is 11.1 Å². The predicted octanol–water partition coefficient (Wildman–Crippen LogP) is -0.122. The molecule has 2 N–H and O–H groups in total. The normalized spacial score (nSPS) is 27.2. The molecule has 3 atom stereocenters. The molecule has 9 heteroatoms. The van der Waals surface area contributed by atoms with Crippen LogP contribution in [0.25, 0.3) is 0 Å². The maximum absolute atomic E-state index is 12.3. The van der Waals surface area contributed by atoms with E-state index in [1.165, 1.54) is 11.8 Å². The van der Waals surface area contributed by atoms with E-state index in [1.54, 1.807) is 0 Å². The third kappa shape index (κ3) is 4.81. The first-order valence-electron chi connectivity index (χ1n) is 10.1. The van der Waals surface area contributed by atoms with Crippen LogP contribution in [0.2, 0.25) is 0 Å². The second-order valence-electron chi connectivity index (χ2n) is 8.10. The predicted molar refractivity (Wildman–Crippen MR) is 101 cm³/mol. The Hall–Kier alpha value is -2.16. The number of aliphatic hydroxyl groups is 1. The van der Waals surface area contributed by atoms with E-state index in [2.05, 4.69) is 10.5 Å². The molecule has 0 bridgehead atoms. The molecule has 3 aliphatic heterocycles. The maximum Gasteiger partial charge on any atom is 0.266 e. The van der Waals surface area contributed by atoms with E-state index in [4.69, 9.17) is 4.84 Å². The SMILES string of the molecule is CC(=O)N1C[C@H](O)C[C@H]1C(=O)NCCCCC1CN(C(=O)C2CC(C)=NO2)C1. The Labute approximate surface area is 165 Å². The molecule has 2 saturated heterocycles. The van der Waals surface area contributed by atoms with Crippen molar-refractivity contribution >= 4 is 23.4 Å². The van der Waals surface area contributed by atoms with Crippen LogP contribution in [-0.4, -0.2) is 82.8 Å². The molecule has 3 aliphatic rings. The zero-order chi connectivity index (χ0) is 20.3. The van der Waals surface area contributed by atoms with Gasteiger partial charge in [0.05, 0.1) is 11.8 Å². The molecule has 0 aromatic heterocycles. The third-order valence-electron chi connectivity index (χ3n) is 5.69. The lowest BCUT2D eigenvalue weighted by molar-refractivity contribution is -0.148. The van der Waals surface area contributed by atoms with E-state index in [9.17, 15) is 19.5 Å². The summed E-state index contributed by atoms with van der Waals surface area (Å²) in [5, 5.41) is 16.4. The minimum Gasteiger partial charge on any atom is -0.391 e. The Kier molecular flexibility index (Phi) is 6.53. The van der Waals surface area contributed by atoms with E-state index in [1.807, 2.05) is 11.8 Å². The minimum absolute atomic E-state index is 0.0258. The average molecular weight is 394 g/mol. The number of carbonyl (C=O) groups excluding carboxylic acids is 3. The van der Waals surface area contributed by atoms with Crippen LogP contribution in [-0.2, 0) is 19.2 Å². The summed E-state index contributed by atoms with van der Waals surface area (Å²) >= 11 is 0. The molecule has 156 valence electrons. The first-order valence-corrected chi connectivity index (χ1v) is 10.1. The van der Waals surface area contributed by atoms with Crippen LogP contribution < -0.4 is 5.32 Å². The number of hydrogen-bond donors (Lipinski definition) is 2. The highest BCUT2D eigenvalue weighted by Gasteiger charge is 2.38. The second kappa shape index (κ2) is 8.89. The molecule has 2 fully saturated rings. The van der Waals surface area contributed by atoms with Gasteiger partial charge in [-0.05, 0) is 25.7 Å². The molecule has 9 nitrogen and oxygen atoms in total. The van der Waals surface area contributed by atoms with E-state index < -0.39 is 18.2 Å². The average Bonchev–Trinajstić information content (AvgIpc) is 3.21. The van der Waals surface area contributed by atoms with Gasteiger partial charge in [-0.25, -0.2) is 0 Å². The molecule has 0 radical (unpaired) electrons. The van der Waals surface area contributed by atoms with Crippen molar-refractivity contribution in [3.05, 3.63) is 0 Å². The minimum atomic E-state index is -0.631. The molecule has 0 aromatic carbocycles. The molecule has 1 unspecified atom stereocenters. The van der Waals surface area contributed by atoms with Crippen molar-refractivity contribution in [2.45, 2.75) is 64.2 Å². The number of oxime groups is 1. The number of likely N-dealkylation sites (tertiary alicyclic amines) is 2. The number of aliphatic hydroxyl groups excluding tert-OH is 1. The van der Waals surface area contributed by atoms with Crippen LogP contribution in [0, 0.1) is 5.92 Å². The van der Waals surface area contributed by atoms with Gasteiger partial charge in [0, 0.05) is 45.9 Å². The Morgan fingerprint density at radius 1 is 1.25 bits per heavy atom. The van der Waals surface area contributed by atoms with Crippen LogP contribution in [0.1, 0.15) is 46.0 Å². The van der Waals surface area contributed by atoms with Gasteiger partial charge in [0.1, 0.15) is 6.04 Å². The fraction of sp³-hybridized carbons (Fsp3) is 0.789. The van der Waals surface area contributed by atoms with Gasteiger partial charge in [-0.15, -0.1) is 0 Å². The highest BCUT2D eigenvalue weighted by atomic mass is 16.6. The number of amides is 3. The lowest BCUT2D eigenvalue weighted by Crippen LogP contribution is -2.53. The number of β-amino-alcohol motifs (C(OH)–C–C–N with tert-alkyl or cyclic N) is 1. The van der Waals surface area contributed by atoms with Crippen LogP contribution in [0.3, 0.4) is 0 Å². The van der Waals surface area contributed by atoms with E-state index in [0.717, 1.165) is 38.1 Å². The van der Waals surface area contributed by atoms with Gasteiger partial charge in [0.2, 0.25) is 17.9 Å². The molecule has 0 aliphatic carbocycles. The summed E-state index contributed by atoms with van der Waals surface area (Å²) in [5.74, 6) is 0.144. The fourth-order valence-corrected chi connectivity index (χ4v) is 4.06. The number of rotatable bonds is 7. The van der Waals surface area contributed by atoms with Crippen molar-refractivity contribution in [3.8, 4) is 0 Å². The molecule has 3 rings (SSSR count). The van der Waals surface area contributed by atoms with E-state index in [-0.39, 0.29) is 24.3 Å². The van der Waals surface area contributed by atoms with Gasteiger partial charge < -0.3 is 25.1 Å². The summed E-state index contributed by atoms with van der Waals surface area (Å²) < 4.78 is 0. The van der Waals surface area contributed by atoms with Crippen LogP contribution >= 0.6 is 0 Å². The smallest absolute Gasteiger partial charge is 0.266 e. The molecule has 3 amide bonds. The van der Waals surface area contributed by atoms with Crippen molar-refractivity contribution in [1.82, 2.24) is 15.1 Å². The highest BCUT2D eigenvalue weighted by molar-refractivity contribution is 5.91. The molecular formula is C19H30N4O5. The van der Waals surface area contributed by atoms with Crippen LogP contribution in [0.15, 0.2) is 5.16 Å². The van der Waals surface area contributed by atoms with Gasteiger partial charge in [0.15, 0.2) is 0 Å². The van der Waals surface area contributed by atoms with Gasteiger partial charge in [-0.2, -0.15) is 0 Å². The summed E-state index contributed by atoms with van der Waals surface area (Å²) in [4.78, 5) is 44.4. The third-order valence-corrected chi connectivity index (χ3v) is 5.69. The van der Waals surface area contributed by atoms with Crippen LogP contribution in [0.4, 0.5) is 0 Å². The number of hydrogen-bond acceptors (Lipinski definition) is 6. The first-order chi connectivity index (χ1) is 13.3. The lowest BCUT2D eigenvalue weighted by Gasteiger charge is -2.40. The molecule has 3 heterocycles. The summed E-state index contributed by atoms with van der Waals surface area (Å²) in [6.07, 6.45) is 2.64. The Balaban J connectivity index is 1.26. The number of nitrogens with one attached hydrogen (secondary N) is 1. The fourth-order valence-electron chi connectivity index (χ4n) is 4.06. The number of unbranched alkanes of at least 4 members (excludes halogenated alkanes) is 1. The summed E-state index contributed by atoms with van der Waals surface area (Å²) in [7, 11) is 0. The van der Waals surface area contributed by atoms with Crippen LogP contribution in [0.5, 0.6) is 0 Å². The lowest BCUT2D eigenvalue weighted by atomic mass is 9.93. The Morgan fingerprint density at radius 3 is 2.64 bits per heavy atom. The molecule has 0 aromatic rings. The standard InChI is InChI=1S/C19H30N4O5/c1-12-7-17(28-21-12)19(27)22-9-14(10-22)5-3-4-6-20-18(26)16-8-15(25)11-23(16)13(2)24/h14-17,25H,3-11H2,1-2H3,(H,20,26)/t15-,16+,17?/m1/s1. The summed E-state index contributed by atoms with van der Waals surface area (Å²) in [5.41, 5.74) is 0.857. The van der Waals surface area contributed by atoms with E-state index in [0.29, 0.717) is 25.3 Å². The van der Waals surface area contributed by atoms with Gasteiger partial charge >= 0.3 is 0 Å².